The predicted molar refractivity (Wildman–Crippen MR) is 193 cm³/mol. The zero-order valence-electron chi connectivity index (χ0n) is 29.1. The second-order valence-corrected chi connectivity index (χ2v) is 14.5. The van der Waals surface area contributed by atoms with E-state index in [-0.39, 0.29) is 36.0 Å². The van der Waals surface area contributed by atoms with E-state index in [1.54, 1.807) is 19.6 Å². The Bertz CT molecular complexity index is 2000. The third kappa shape index (κ3) is 5.60. The van der Waals surface area contributed by atoms with Crippen molar-refractivity contribution >= 4 is 34.0 Å². The van der Waals surface area contributed by atoms with E-state index in [0.29, 0.717) is 17.4 Å². The van der Waals surface area contributed by atoms with Crippen molar-refractivity contribution in [3.63, 3.8) is 0 Å². The monoisotopic (exact) mass is 675 g/mol. The van der Waals surface area contributed by atoms with Gasteiger partial charge in [0, 0.05) is 53.8 Å². The van der Waals surface area contributed by atoms with Crippen LogP contribution in [-0.4, -0.2) is 82.7 Å². The van der Waals surface area contributed by atoms with Crippen LogP contribution in [0, 0.1) is 23.7 Å². The quantitative estimate of drug-likeness (QED) is 0.149. The average Bonchev–Trinajstić information content (AvgIpc) is 3.56. The summed E-state index contributed by atoms with van der Waals surface area (Å²) in [7, 11) is 3.10. The zero-order chi connectivity index (χ0) is 34.5. The minimum absolute atomic E-state index is 0.0680. The summed E-state index contributed by atoms with van der Waals surface area (Å²) >= 11 is 0. The molecule has 10 rings (SSSR count). The Labute approximate surface area is 293 Å². The molecule has 2 unspecified atom stereocenters. The average molecular weight is 676 g/mol. The van der Waals surface area contributed by atoms with Crippen LogP contribution < -0.4 is 4.74 Å². The second-order valence-electron chi connectivity index (χ2n) is 14.5. The number of esters is 1. The van der Waals surface area contributed by atoms with Crippen LogP contribution in [-0.2, 0) is 20.7 Å². The van der Waals surface area contributed by atoms with Gasteiger partial charge in [0.25, 0.3) is 0 Å². The van der Waals surface area contributed by atoms with Crippen LogP contribution >= 0.6 is 0 Å². The van der Waals surface area contributed by atoms with Gasteiger partial charge in [-0.3, -0.25) is 9.88 Å². The number of aliphatic hydroxyl groups excluding tert-OH is 1. The van der Waals surface area contributed by atoms with Gasteiger partial charge in [-0.15, -0.1) is 6.58 Å². The van der Waals surface area contributed by atoms with E-state index in [1.807, 2.05) is 24.3 Å². The van der Waals surface area contributed by atoms with Crippen molar-refractivity contribution in [3.05, 3.63) is 96.0 Å². The highest BCUT2D eigenvalue weighted by Crippen LogP contribution is 2.45. The number of aromatic nitrogens is 2. The van der Waals surface area contributed by atoms with Crippen molar-refractivity contribution in [2.75, 3.05) is 33.9 Å². The topological polar surface area (TPSA) is 99.9 Å². The molecule has 3 fully saturated rings. The molecular formula is C41H47N4O5+. The van der Waals surface area contributed by atoms with Crippen LogP contribution in [0.3, 0.4) is 0 Å². The van der Waals surface area contributed by atoms with Gasteiger partial charge < -0.3 is 24.3 Å². The molecule has 2 bridgehead atoms. The Morgan fingerprint density at radius 1 is 1.18 bits per heavy atom. The Balaban J connectivity index is 0.000000145. The standard InChI is InChI=1S/C21H23N2O3.C20H24N2O2/c1-12-16-10-23-8-7-14-13-5-3-4-6-18(13)22-20(14)19(23)9-15(16)17(11-26-12)21(24)25-2;1-3-13-12-22-9-7-14(13)10-19(22)20(23)16-6-8-21-18-5-4-15(24-2)11-17(16)18/h3-6,10-12,15-16,19,22H,7-9H2,1-2H3;3-6,8,11,13-14,19-20,23H,1,7,9-10,12H2,2H3/q+1;/t12-,15+,16-,19+;13?,14-,19+,20-/m10/s1. The number of rotatable bonds is 5. The number of H-pyrrole nitrogens is 1. The molecule has 8 heterocycles. The van der Waals surface area contributed by atoms with E-state index < -0.39 is 6.10 Å². The lowest BCUT2D eigenvalue weighted by molar-refractivity contribution is -0.582. The number of pyridine rings is 1. The minimum Gasteiger partial charge on any atom is -0.497 e. The largest absolute Gasteiger partial charge is 0.497 e. The molecule has 9 heteroatoms. The van der Waals surface area contributed by atoms with E-state index in [2.05, 4.69) is 69.5 Å². The normalized spacial score (nSPS) is 29.9. The maximum absolute atomic E-state index is 12.3. The first-order chi connectivity index (χ1) is 24.4. The molecule has 4 aromatic rings. The highest BCUT2D eigenvalue weighted by atomic mass is 16.5. The van der Waals surface area contributed by atoms with Gasteiger partial charge in [0.2, 0.25) is 0 Å². The number of ether oxygens (including phenoxy) is 3. The van der Waals surface area contributed by atoms with E-state index in [1.165, 1.54) is 35.7 Å². The molecule has 3 saturated heterocycles. The number of nitrogens with one attached hydrogen (secondary N) is 1. The number of hydrogen-bond donors (Lipinski definition) is 2. The van der Waals surface area contributed by atoms with Gasteiger partial charge in [-0.25, -0.2) is 9.37 Å². The number of aliphatic hydroxyl groups is 1. The van der Waals surface area contributed by atoms with Crippen LogP contribution in [0.2, 0.25) is 0 Å². The third-order valence-electron chi connectivity index (χ3n) is 12.1. The molecule has 2 aromatic heterocycles. The van der Waals surface area contributed by atoms with Crippen LogP contribution in [0.1, 0.15) is 55.2 Å². The van der Waals surface area contributed by atoms with E-state index in [4.69, 9.17) is 14.2 Å². The number of para-hydroxylation sites is 1. The molecule has 9 atom stereocenters. The van der Waals surface area contributed by atoms with Gasteiger partial charge in [-0.2, -0.15) is 0 Å². The Hall–Kier alpha value is -4.47. The van der Waals surface area contributed by atoms with Gasteiger partial charge in [0.1, 0.15) is 24.6 Å². The van der Waals surface area contributed by atoms with Crippen molar-refractivity contribution in [1.82, 2.24) is 14.9 Å². The predicted octanol–water partition coefficient (Wildman–Crippen LogP) is 6.13. The fourth-order valence-electron chi connectivity index (χ4n) is 9.39. The molecule has 0 radical (unpaired) electrons. The summed E-state index contributed by atoms with van der Waals surface area (Å²) in [4.78, 5) is 22.8. The molecule has 6 aliphatic heterocycles. The highest BCUT2D eigenvalue weighted by Gasteiger charge is 2.48. The first kappa shape index (κ1) is 32.7. The number of fused-ring (bicyclic) bond motifs is 10. The Morgan fingerprint density at radius 3 is 2.82 bits per heavy atom. The molecule has 260 valence electrons. The minimum atomic E-state index is -0.504. The second kappa shape index (κ2) is 13.3. The summed E-state index contributed by atoms with van der Waals surface area (Å²) in [5.41, 5.74) is 6.44. The van der Waals surface area contributed by atoms with E-state index in [9.17, 15) is 9.90 Å². The van der Waals surface area contributed by atoms with Gasteiger partial charge in [0.15, 0.2) is 6.04 Å². The number of methoxy groups -OCH3 is 2. The SMILES string of the molecule is C=CC1CN2CC[C@H]1C[C@@H]2[C@@H](O)c1ccnc2ccc(OC)cc12.COC(=O)C1=CO[C@H](C)[C@H]2C=[N+]3CCc4c([nH]c5ccccc45)[C@@H]3C[C@H]12. The molecule has 0 spiro atoms. The fourth-order valence-corrected chi connectivity index (χ4v) is 9.39. The number of benzene rings is 2. The van der Waals surface area contributed by atoms with Crippen LogP contribution in [0.5, 0.6) is 5.75 Å². The van der Waals surface area contributed by atoms with E-state index >= 15 is 0 Å². The lowest BCUT2D eigenvalue weighted by Gasteiger charge is -2.50. The van der Waals surface area contributed by atoms with Crippen molar-refractivity contribution in [2.24, 2.45) is 23.7 Å². The molecule has 0 aliphatic carbocycles. The van der Waals surface area contributed by atoms with Crippen molar-refractivity contribution < 1.29 is 28.7 Å². The molecule has 6 aliphatic rings. The molecular weight excluding hydrogens is 628 g/mol. The lowest BCUT2D eigenvalue weighted by Crippen LogP contribution is -2.54. The maximum atomic E-state index is 12.3. The number of carbonyl (C=O) groups excluding carboxylic acids is 1. The van der Waals surface area contributed by atoms with Gasteiger partial charge >= 0.3 is 5.97 Å². The molecule has 50 heavy (non-hydrogen) atoms. The first-order valence-corrected chi connectivity index (χ1v) is 18.0. The smallest absolute Gasteiger partial charge is 0.337 e. The number of aromatic amines is 1. The van der Waals surface area contributed by atoms with Crippen molar-refractivity contribution in [1.29, 1.82) is 0 Å². The number of piperidine rings is 3. The van der Waals surface area contributed by atoms with Gasteiger partial charge in [-0.1, -0.05) is 24.3 Å². The van der Waals surface area contributed by atoms with Crippen molar-refractivity contribution in [2.45, 2.75) is 56.9 Å². The third-order valence-corrected chi connectivity index (χ3v) is 12.1. The maximum Gasteiger partial charge on any atom is 0.337 e. The Morgan fingerprint density at radius 2 is 2.04 bits per heavy atom. The molecule has 0 saturated carbocycles. The number of carbonyl (C=O) groups is 1. The summed E-state index contributed by atoms with van der Waals surface area (Å²) in [5.74, 6) is 2.06. The highest BCUT2D eigenvalue weighted by molar-refractivity contribution is 5.90. The number of hydrogen-bond acceptors (Lipinski definition) is 7. The summed E-state index contributed by atoms with van der Waals surface area (Å²) in [6.45, 7) is 9.16. The van der Waals surface area contributed by atoms with Crippen molar-refractivity contribution in [3.8, 4) is 5.75 Å². The van der Waals surface area contributed by atoms with Crippen LogP contribution in [0.15, 0.2) is 79.2 Å². The summed E-state index contributed by atoms with van der Waals surface area (Å²) < 4.78 is 18.5. The summed E-state index contributed by atoms with van der Waals surface area (Å²) in [5, 5.41) is 13.5. The Kier molecular flexibility index (Phi) is 8.73. The lowest BCUT2D eigenvalue weighted by atomic mass is 9.73. The van der Waals surface area contributed by atoms with Gasteiger partial charge in [-0.05, 0) is 79.6 Å². The molecule has 2 aromatic carbocycles. The summed E-state index contributed by atoms with van der Waals surface area (Å²) in [6.07, 6.45) is 11.5. The summed E-state index contributed by atoms with van der Waals surface area (Å²) in [6, 6.07) is 16.7. The molecule has 9 nitrogen and oxygen atoms in total. The molecule has 0 amide bonds. The fraction of sp³-hybridized carbons (Fsp3) is 0.439. The molecule has 2 N–H and O–H groups in total. The zero-order valence-corrected chi connectivity index (χ0v) is 29.1. The number of nitrogens with zero attached hydrogens (tertiary/aromatic N) is 3. The van der Waals surface area contributed by atoms with Crippen LogP contribution in [0.4, 0.5) is 0 Å². The van der Waals surface area contributed by atoms with Crippen LogP contribution in [0.25, 0.3) is 21.8 Å². The first-order valence-electron chi connectivity index (χ1n) is 18.0. The van der Waals surface area contributed by atoms with Gasteiger partial charge in [0.05, 0.1) is 49.3 Å². The van der Waals surface area contributed by atoms with E-state index in [0.717, 1.165) is 61.1 Å².